The van der Waals surface area contributed by atoms with E-state index in [4.69, 9.17) is 4.74 Å². The number of unbranched alkanes of at least 4 members (excludes halogenated alkanes) is 1. The Morgan fingerprint density at radius 1 is 1.33 bits per heavy atom. The lowest BCUT2D eigenvalue weighted by molar-refractivity contribution is 0.302. The van der Waals surface area contributed by atoms with E-state index in [2.05, 4.69) is 35.1 Å². The van der Waals surface area contributed by atoms with Crippen LogP contribution in [0.25, 0.3) is 0 Å². The van der Waals surface area contributed by atoms with E-state index in [1.54, 1.807) is 6.07 Å². The molecule has 1 aromatic carbocycles. The zero-order valence-electron chi connectivity index (χ0n) is 11.0. The minimum Gasteiger partial charge on any atom is -0.492 e. The molecule has 1 N–H and O–H groups in total. The summed E-state index contributed by atoms with van der Waals surface area (Å²) in [6, 6.07) is 4.47. The first-order valence-corrected chi connectivity index (χ1v) is 7.17. The van der Waals surface area contributed by atoms with Gasteiger partial charge in [-0.05, 0) is 59.9 Å². The fraction of sp³-hybridized carbons (Fsp3) is 0.571. The van der Waals surface area contributed by atoms with Crippen molar-refractivity contribution in [2.45, 2.75) is 26.7 Å². The van der Waals surface area contributed by atoms with Crippen molar-refractivity contribution in [1.29, 1.82) is 0 Å². The van der Waals surface area contributed by atoms with Crippen LogP contribution in [-0.4, -0.2) is 19.7 Å². The van der Waals surface area contributed by atoms with Crippen LogP contribution in [-0.2, 0) is 0 Å². The number of benzene rings is 1. The molecule has 0 bridgehead atoms. The van der Waals surface area contributed by atoms with Gasteiger partial charge < -0.3 is 10.1 Å². The van der Waals surface area contributed by atoms with Crippen molar-refractivity contribution in [3.63, 3.8) is 0 Å². The minimum absolute atomic E-state index is 0.271. The van der Waals surface area contributed by atoms with Gasteiger partial charge in [0.05, 0.1) is 11.1 Å². The van der Waals surface area contributed by atoms with E-state index in [0.717, 1.165) is 30.4 Å². The summed E-state index contributed by atoms with van der Waals surface area (Å²) < 4.78 is 19.3. The molecule has 0 saturated heterocycles. The molecule has 0 fully saturated rings. The number of hydrogen-bond acceptors (Lipinski definition) is 2. The number of nitrogens with one attached hydrogen (secondary N) is 1. The molecule has 102 valence electrons. The molecule has 4 heteroatoms. The quantitative estimate of drug-likeness (QED) is 0.732. The van der Waals surface area contributed by atoms with Gasteiger partial charge >= 0.3 is 0 Å². The lowest BCUT2D eigenvalue weighted by Crippen LogP contribution is -2.21. The maximum absolute atomic E-state index is 13.0. The van der Waals surface area contributed by atoms with Crippen molar-refractivity contribution in [1.82, 2.24) is 5.32 Å². The summed E-state index contributed by atoms with van der Waals surface area (Å²) >= 11 is 3.34. The highest BCUT2D eigenvalue weighted by atomic mass is 79.9. The van der Waals surface area contributed by atoms with Crippen LogP contribution in [0.2, 0.25) is 0 Å². The fourth-order valence-corrected chi connectivity index (χ4v) is 1.87. The SMILES string of the molecule is CC(C)CNCCCCOc1cc(F)ccc1Br. The fourth-order valence-electron chi connectivity index (χ4n) is 1.51. The van der Waals surface area contributed by atoms with Crippen LogP contribution >= 0.6 is 15.9 Å². The van der Waals surface area contributed by atoms with E-state index in [0.29, 0.717) is 18.3 Å². The summed E-state index contributed by atoms with van der Waals surface area (Å²) in [5, 5.41) is 3.38. The molecular formula is C14H21BrFNO. The van der Waals surface area contributed by atoms with Crippen LogP contribution in [0.3, 0.4) is 0 Å². The third-order valence-electron chi connectivity index (χ3n) is 2.45. The highest BCUT2D eigenvalue weighted by Gasteiger charge is 2.02. The molecule has 1 aromatic rings. The van der Waals surface area contributed by atoms with Gasteiger partial charge in [-0.25, -0.2) is 4.39 Å². The zero-order valence-corrected chi connectivity index (χ0v) is 12.6. The molecule has 1 rings (SSSR count). The van der Waals surface area contributed by atoms with Gasteiger partial charge in [0.1, 0.15) is 11.6 Å². The standard InChI is InChI=1S/C14H21BrFNO/c1-11(2)10-17-7-3-4-8-18-14-9-12(16)5-6-13(14)15/h5-6,9,11,17H,3-4,7-8,10H2,1-2H3. The van der Waals surface area contributed by atoms with E-state index in [-0.39, 0.29) is 5.82 Å². The predicted octanol–water partition coefficient (Wildman–Crippen LogP) is 3.99. The smallest absolute Gasteiger partial charge is 0.136 e. The highest BCUT2D eigenvalue weighted by molar-refractivity contribution is 9.10. The summed E-state index contributed by atoms with van der Waals surface area (Å²) in [6.07, 6.45) is 2.04. The summed E-state index contributed by atoms with van der Waals surface area (Å²) in [7, 11) is 0. The van der Waals surface area contributed by atoms with E-state index < -0.39 is 0 Å². The van der Waals surface area contributed by atoms with Crippen molar-refractivity contribution in [2.75, 3.05) is 19.7 Å². The topological polar surface area (TPSA) is 21.3 Å². The first kappa shape index (κ1) is 15.4. The summed E-state index contributed by atoms with van der Waals surface area (Å²) in [6.45, 7) is 7.06. The Balaban J connectivity index is 2.12. The molecule has 0 radical (unpaired) electrons. The Kier molecular flexibility index (Phi) is 7.28. The molecule has 0 aliphatic rings. The number of rotatable bonds is 8. The van der Waals surface area contributed by atoms with Crippen LogP contribution in [0, 0.1) is 11.7 Å². The summed E-state index contributed by atoms with van der Waals surface area (Å²) in [5.74, 6) is 0.987. The molecule has 0 spiro atoms. The molecule has 0 atom stereocenters. The number of hydrogen-bond donors (Lipinski definition) is 1. The summed E-state index contributed by atoms with van der Waals surface area (Å²) in [4.78, 5) is 0. The predicted molar refractivity (Wildman–Crippen MR) is 76.5 cm³/mol. The third kappa shape index (κ3) is 6.36. The van der Waals surface area contributed by atoms with Gasteiger partial charge in [-0.3, -0.25) is 0 Å². The van der Waals surface area contributed by atoms with Crippen LogP contribution in [0.5, 0.6) is 5.75 Å². The first-order valence-electron chi connectivity index (χ1n) is 6.38. The Morgan fingerprint density at radius 3 is 2.83 bits per heavy atom. The molecular weight excluding hydrogens is 297 g/mol. The molecule has 0 aliphatic heterocycles. The van der Waals surface area contributed by atoms with Gasteiger partial charge in [0.25, 0.3) is 0 Å². The van der Waals surface area contributed by atoms with Crippen molar-refractivity contribution in [2.24, 2.45) is 5.92 Å². The second-order valence-electron chi connectivity index (χ2n) is 4.73. The lowest BCUT2D eigenvalue weighted by atomic mass is 10.2. The van der Waals surface area contributed by atoms with Gasteiger partial charge in [0.2, 0.25) is 0 Å². The Hall–Kier alpha value is -0.610. The molecule has 0 aromatic heterocycles. The summed E-state index contributed by atoms with van der Waals surface area (Å²) in [5.41, 5.74) is 0. The van der Waals surface area contributed by atoms with Crippen LogP contribution < -0.4 is 10.1 Å². The molecule has 0 aliphatic carbocycles. The second kappa shape index (κ2) is 8.48. The monoisotopic (exact) mass is 317 g/mol. The van der Waals surface area contributed by atoms with Crippen molar-refractivity contribution < 1.29 is 9.13 Å². The van der Waals surface area contributed by atoms with Crippen LogP contribution in [0.15, 0.2) is 22.7 Å². The Labute approximate surface area is 117 Å². The van der Waals surface area contributed by atoms with Crippen molar-refractivity contribution in [3.8, 4) is 5.75 Å². The van der Waals surface area contributed by atoms with Gasteiger partial charge in [0.15, 0.2) is 0 Å². The zero-order chi connectivity index (χ0) is 13.4. The maximum atomic E-state index is 13.0. The highest BCUT2D eigenvalue weighted by Crippen LogP contribution is 2.25. The third-order valence-corrected chi connectivity index (χ3v) is 3.11. The molecule has 0 saturated carbocycles. The van der Waals surface area contributed by atoms with Gasteiger partial charge in [-0.15, -0.1) is 0 Å². The normalized spacial score (nSPS) is 10.9. The maximum Gasteiger partial charge on any atom is 0.136 e. The van der Waals surface area contributed by atoms with E-state index in [1.807, 2.05) is 0 Å². The lowest BCUT2D eigenvalue weighted by Gasteiger charge is -2.09. The molecule has 18 heavy (non-hydrogen) atoms. The number of ether oxygens (including phenoxy) is 1. The van der Waals surface area contributed by atoms with Crippen LogP contribution in [0.1, 0.15) is 26.7 Å². The average Bonchev–Trinajstić information content (AvgIpc) is 2.32. The van der Waals surface area contributed by atoms with E-state index >= 15 is 0 Å². The minimum atomic E-state index is -0.271. The molecule has 0 heterocycles. The van der Waals surface area contributed by atoms with Gasteiger partial charge in [0, 0.05) is 6.07 Å². The molecule has 0 unspecified atom stereocenters. The van der Waals surface area contributed by atoms with Crippen LogP contribution in [0.4, 0.5) is 4.39 Å². The Bertz CT molecular complexity index is 358. The van der Waals surface area contributed by atoms with E-state index in [9.17, 15) is 4.39 Å². The van der Waals surface area contributed by atoms with Crippen molar-refractivity contribution >= 4 is 15.9 Å². The largest absolute Gasteiger partial charge is 0.492 e. The Morgan fingerprint density at radius 2 is 2.11 bits per heavy atom. The average molecular weight is 318 g/mol. The number of halogens is 2. The second-order valence-corrected chi connectivity index (χ2v) is 5.58. The van der Waals surface area contributed by atoms with Gasteiger partial charge in [-0.2, -0.15) is 0 Å². The van der Waals surface area contributed by atoms with Crippen molar-refractivity contribution in [3.05, 3.63) is 28.5 Å². The first-order chi connectivity index (χ1) is 8.59. The van der Waals surface area contributed by atoms with Gasteiger partial charge in [-0.1, -0.05) is 13.8 Å². The van der Waals surface area contributed by atoms with E-state index in [1.165, 1.54) is 12.1 Å². The molecule has 2 nitrogen and oxygen atoms in total. The molecule has 0 amide bonds.